The Balaban J connectivity index is 1.82. The predicted molar refractivity (Wildman–Crippen MR) is 75.8 cm³/mol. The van der Waals surface area contributed by atoms with Crippen LogP contribution in [0.1, 0.15) is 36.8 Å². The Labute approximate surface area is 120 Å². The van der Waals surface area contributed by atoms with Crippen LogP contribution in [0.25, 0.3) is 0 Å². The average molecular weight is 272 g/mol. The van der Waals surface area contributed by atoms with Crippen molar-refractivity contribution in [2.24, 2.45) is 0 Å². The van der Waals surface area contributed by atoms with Crippen molar-refractivity contribution in [2.75, 3.05) is 13.7 Å². The van der Waals surface area contributed by atoms with Crippen LogP contribution in [0.3, 0.4) is 0 Å². The SMILES string of the molecule is CN(Cc1cccc(C#N)c1)C(=O)CCC1CCCO1. The zero-order valence-electron chi connectivity index (χ0n) is 11.8. The summed E-state index contributed by atoms with van der Waals surface area (Å²) in [6, 6.07) is 9.48. The predicted octanol–water partition coefficient (Wildman–Crippen LogP) is 2.48. The second kappa shape index (κ2) is 7.06. The van der Waals surface area contributed by atoms with E-state index in [9.17, 15) is 4.79 Å². The number of hydrogen-bond acceptors (Lipinski definition) is 3. The Kier molecular flexibility index (Phi) is 5.14. The number of carbonyl (C=O) groups is 1. The van der Waals surface area contributed by atoms with Crippen molar-refractivity contribution in [3.63, 3.8) is 0 Å². The van der Waals surface area contributed by atoms with Crippen molar-refractivity contribution in [3.05, 3.63) is 35.4 Å². The van der Waals surface area contributed by atoms with E-state index in [-0.39, 0.29) is 12.0 Å². The number of amides is 1. The standard InChI is InChI=1S/C16H20N2O2/c1-18(12-14-5-2-4-13(10-14)11-17)16(19)8-7-15-6-3-9-20-15/h2,4-5,10,15H,3,6-9,12H2,1H3. The monoisotopic (exact) mass is 272 g/mol. The first-order valence-corrected chi connectivity index (χ1v) is 7.03. The average Bonchev–Trinajstić information content (AvgIpc) is 2.98. The zero-order chi connectivity index (χ0) is 14.4. The van der Waals surface area contributed by atoms with Gasteiger partial charge in [0.05, 0.1) is 17.7 Å². The molecule has 0 aliphatic carbocycles. The topological polar surface area (TPSA) is 53.3 Å². The van der Waals surface area contributed by atoms with Gasteiger partial charge in [0.1, 0.15) is 0 Å². The molecule has 4 nitrogen and oxygen atoms in total. The van der Waals surface area contributed by atoms with Crippen LogP contribution in [0.5, 0.6) is 0 Å². The highest BCUT2D eigenvalue weighted by Crippen LogP contribution is 2.17. The number of ether oxygens (including phenoxy) is 1. The highest BCUT2D eigenvalue weighted by atomic mass is 16.5. The van der Waals surface area contributed by atoms with Gasteiger partial charge in [-0.25, -0.2) is 0 Å². The second-order valence-electron chi connectivity index (χ2n) is 5.24. The van der Waals surface area contributed by atoms with Gasteiger partial charge in [-0.1, -0.05) is 12.1 Å². The Morgan fingerprint density at radius 2 is 2.40 bits per heavy atom. The zero-order valence-corrected chi connectivity index (χ0v) is 11.8. The minimum atomic E-state index is 0.128. The Bertz CT molecular complexity index is 501. The molecule has 0 spiro atoms. The number of carbonyl (C=O) groups excluding carboxylic acids is 1. The molecule has 0 N–H and O–H groups in total. The van der Waals surface area contributed by atoms with Crippen LogP contribution in [0, 0.1) is 11.3 Å². The molecular formula is C16H20N2O2. The van der Waals surface area contributed by atoms with Crippen molar-refractivity contribution < 1.29 is 9.53 Å². The summed E-state index contributed by atoms with van der Waals surface area (Å²) in [6.07, 6.45) is 3.77. The normalized spacial score (nSPS) is 17.7. The maximum Gasteiger partial charge on any atom is 0.222 e. The fraction of sp³-hybridized carbons (Fsp3) is 0.500. The van der Waals surface area contributed by atoms with Crippen LogP contribution in [0.2, 0.25) is 0 Å². The maximum absolute atomic E-state index is 12.1. The van der Waals surface area contributed by atoms with Gasteiger partial charge in [0.2, 0.25) is 5.91 Å². The Hall–Kier alpha value is -1.86. The lowest BCUT2D eigenvalue weighted by atomic mass is 10.1. The lowest BCUT2D eigenvalue weighted by molar-refractivity contribution is -0.131. The van der Waals surface area contributed by atoms with Crippen molar-refractivity contribution in [1.29, 1.82) is 5.26 Å². The van der Waals surface area contributed by atoms with E-state index in [1.54, 1.807) is 18.0 Å². The highest BCUT2D eigenvalue weighted by Gasteiger charge is 2.18. The number of nitriles is 1. The van der Waals surface area contributed by atoms with Gasteiger partial charge in [0.15, 0.2) is 0 Å². The molecule has 1 fully saturated rings. The second-order valence-corrected chi connectivity index (χ2v) is 5.24. The summed E-state index contributed by atoms with van der Waals surface area (Å²) in [4.78, 5) is 13.8. The van der Waals surface area contributed by atoms with Crippen LogP contribution in [-0.4, -0.2) is 30.6 Å². The van der Waals surface area contributed by atoms with Crippen LogP contribution in [0.4, 0.5) is 0 Å². The van der Waals surface area contributed by atoms with Crippen molar-refractivity contribution in [3.8, 4) is 6.07 Å². The molecule has 1 aliphatic rings. The lowest BCUT2D eigenvalue weighted by Crippen LogP contribution is -2.27. The molecule has 0 saturated carbocycles. The van der Waals surface area contributed by atoms with Crippen molar-refractivity contribution in [2.45, 2.75) is 38.3 Å². The molecule has 1 aromatic rings. The largest absolute Gasteiger partial charge is 0.378 e. The van der Waals surface area contributed by atoms with Gasteiger partial charge in [-0.05, 0) is 37.0 Å². The Morgan fingerprint density at radius 1 is 1.55 bits per heavy atom. The van der Waals surface area contributed by atoms with Crippen LogP contribution in [-0.2, 0) is 16.1 Å². The fourth-order valence-corrected chi connectivity index (χ4v) is 2.45. The van der Waals surface area contributed by atoms with Crippen LogP contribution < -0.4 is 0 Å². The van der Waals surface area contributed by atoms with Gasteiger partial charge < -0.3 is 9.64 Å². The third-order valence-corrected chi connectivity index (χ3v) is 3.61. The third kappa shape index (κ3) is 4.07. The summed E-state index contributed by atoms with van der Waals surface area (Å²) in [5.41, 5.74) is 1.61. The van der Waals surface area contributed by atoms with Gasteiger partial charge in [0.25, 0.3) is 0 Å². The summed E-state index contributed by atoms with van der Waals surface area (Å²) in [5, 5.41) is 8.87. The molecule has 2 rings (SSSR count). The summed E-state index contributed by atoms with van der Waals surface area (Å²) in [7, 11) is 1.80. The molecule has 0 radical (unpaired) electrons. The molecular weight excluding hydrogens is 252 g/mol. The number of benzene rings is 1. The van der Waals surface area contributed by atoms with Gasteiger partial charge in [-0.3, -0.25) is 4.79 Å². The van der Waals surface area contributed by atoms with Crippen LogP contribution in [0.15, 0.2) is 24.3 Å². The molecule has 1 amide bonds. The van der Waals surface area contributed by atoms with Gasteiger partial charge in [0, 0.05) is 26.6 Å². The molecule has 1 unspecified atom stereocenters. The summed E-state index contributed by atoms with van der Waals surface area (Å²) in [5.74, 6) is 0.128. The van der Waals surface area contributed by atoms with E-state index in [4.69, 9.17) is 10.00 Å². The minimum absolute atomic E-state index is 0.128. The molecule has 1 aliphatic heterocycles. The maximum atomic E-state index is 12.1. The van der Waals surface area contributed by atoms with E-state index in [0.29, 0.717) is 18.5 Å². The molecule has 1 heterocycles. The molecule has 1 saturated heterocycles. The number of rotatable bonds is 5. The molecule has 1 aromatic carbocycles. The third-order valence-electron chi connectivity index (χ3n) is 3.61. The highest BCUT2D eigenvalue weighted by molar-refractivity contribution is 5.75. The smallest absolute Gasteiger partial charge is 0.222 e. The first kappa shape index (κ1) is 14.5. The molecule has 0 aromatic heterocycles. The van der Waals surface area contributed by atoms with E-state index >= 15 is 0 Å². The van der Waals surface area contributed by atoms with Crippen molar-refractivity contribution in [1.82, 2.24) is 4.90 Å². The summed E-state index contributed by atoms with van der Waals surface area (Å²) < 4.78 is 5.52. The summed E-state index contributed by atoms with van der Waals surface area (Å²) >= 11 is 0. The molecule has 4 heteroatoms. The molecule has 0 bridgehead atoms. The number of nitrogens with zero attached hydrogens (tertiary/aromatic N) is 2. The fourth-order valence-electron chi connectivity index (χ4n) is 2.45. The molecule has 106 valence electrons. The lowest BCUT2D eigenvalue weighted by Gasteiger charge is -2.18. The van der Waals surface area contributed by atoms with Crippen molar-refractivity contribution >= 4 is 5.91 Å². The van der Waals surface area contributed by atoms with E-state index in [0.717, 1.165) is 31.4 Å². The van der Waals surface area contributed by atoms with E-state index in [2.05, 4.69) is 6.07 Å². The van der Waals surface area contributed by atoms with Crippen LogP contribution >= 0.6 is 0 Å². The Morgan fingerprint density at radius 3 is 3.10 bits per heavy atom. The van der Waals surface area contributed by atoms with E-state index < -0.39 is 0 Å². The quantitative estimate of drug-likeness (QED) is 0.827. The van der Waals surface area contributed by atoms with Gasteiger partial charge in [-0.2, -0.15) is 5.26 Å². The van der Waals surface area contributed by atoms with Gasteiger partial charge >= 0.3 is 0 Å². The summed E-state index contributed by atoms with van der Waals surface area (Å²) in [6.45, 7) is 1.37. The first-order valence-electron chi connectivity index (χ1n) is 7.03. The minimum Gasteiger partial charge on any atom is -0.378 e. The molecule has 20 heavy (non-hydrogen) atoms. The van der Waals surface area contributed by atoms with E-state index in [1.165, 1.54) is 0 Å². The first-order chi connectivity index (χ1) is 9.69. The molecule has 1 atom stereocenters. The number of hydrogen-bond donors (Lipinski definition) is 0. The van der Waals surface area contributed by atoms with E-state index in [1.807, 2.05) is 18.2 Å². The van der Waals surface area contributed by atoms with Gasteiger partial charge in [-0.15, -0.1) is 0 Å².